The van der Waals surface area contributed by atoms with Crippen LogP contribution in [0.3, 0.4) is 0 Å². The number of aromatic nitrogens is 1. The maximum absolute atomic E-state index is 11.5. The number of rotatable bonds is 1. The third-order valence-electron chi connectivity index (χ3n) is 3.02. The molecule has 1 aliphatic heterocycles. The Balaban J connectivity index is 1.99. The van der Waals surface area contributed by atoms with Crippen molar-refractivity contribution in [2.45, 2.75) is 13.5 Å². The highest BCUT2D eigenvalue weighted by molar-refractivity contribution is 7.18. The van der Waals surface area contributed by atoms with Gasteiger partial charge in [-0.2, -0.15) is 4.90 Å². The van der Waals surface area contributed by atoms with Gasteiger partial charge in [0.05, 0.1) is 4.88 Å². The van der Waals surface area contributed by atoms with E-state index >= 15 is 0 Å². The number of nitrogens with zero attached hydrogens (tertiary/aromatic N) is 2. The molecule has 0 bridgehead atoms. The minimum atomic E-state index is 0.103. The number of hydrogen-bond acceptors (Lipinski definition) is 2. The highest BCUT2D eigenvalue weighted by Crippen LogP contribution is 2.32. The summed E-state index contributed by atoms with van der Waals surface area (Å²) in [7, 11) is 0. The number of anilines is 1. The van der Waals surface area contributed by atoms with Gasteiger partial charge in [0, 0.05) is 11.9 Å². The number of fused-ring (bicyclic) bond motifs is 1. The number of hydrogen-bond donors (Lipinski definition) is 0. The highest BCUT2D eigenvalue weighted by Gasteiger charge is 2.34. The van der Waals surface area contributed by atoms with Gasteiger partial charge < -0.3 is 0 Å². The second-order valence-corrected chi connectivity index (χ2v) is 5.69. The molecule has 92 valence electrons. The number of amides is 1. The van der Waals surface area contributed by atoms with Gasteiger partial charge >= 0.3 is 11.0 Å². The van der Waals surface area contributed by atoms with E-state index in [0.717, 1.165) is 33.7 Å². The van der Waals surface area contributed by atoms with Crippen molar-refractivity contribution in [3.05, 3.63) is 35.5 Å². The second-order valence-electron chi connectivity index (χ2n) is 4.25. The van der Waals surface area contributed by atoms with Crippen molar-refractivity contribution < 1.29 is 9.36 Å². The second kappa shape index (κ2) is 4.37. The normalized spacial score (nSPS) is 13.8. The standard InChI is InChI=1S/C13H12ClN2OS/c1-9(17)16-7-6-15-8-12(18-13(15)16)10-2-4-11(14)5-3-10/h2-5,8H,6-7H2,1H3/q+1. The summed E-state index contributed by atoms with van der Waals surface area (Å²) in [6, 6.07) is 7.77. The van der Waals surface area contributed by atoms with Crippen LogP contribution in [-0.2, 0) is 11.3 Å². The lowest BCUT2D eigenvalue weighted by molar-refractivity contribution is -0.666. The lowest BCUT2D eigenvalue weighted by Gasteiger charge is -2.01. The van der Waals surface area contributed by atoms with E-state index < -0.39 is 0 Å². The molecule has 2 aromatic rings. The largest absolute Gasteiger partial charge is 0.344 e. The van der Waals surface area contributed by atoms with E-state index in [1.165, 1.54) is 0 Å². The molecule has 5 heteroatoms. The lowest BCUT2D eigenvalue weighted by atomic mass is 10.2. The van der Waals surface area contributed by atoms with E-state index in [-0.39, 0.29) is 5.91 Å². The van der Waals surface area contributed by atoms with Crippen LogP contribution in [0.1, 0.15) is 6.92 Å². The SMILES string of the molecule is CC(=O)N1CC[n+]2cc(-c3ccc(Cl)cc3)sc21. The summed E-state index contributed by atoms with van der Waals surface area (Å²) in [4.78, 5) is 14.5. The Labute approximate surface area is 114 Å². The van der Waals surface area contributed by atoms with Crippen molar-refractivity contribution in [2.75, 3.05) is 11.4 Å². The van der Waals surface area contributed by atoms with Gasteiger partial charge in [0.1, 0.15) is 19.3 Å². The molecule has 2 heterocycles. The number of thiazole rings is 1. The van der Waals surface area contributed by atoms with Crippen LogP contribution in [0, 0.1) is 0 Å². The maximum atomic E-state index is 11.5. The molecule has 0 aliphatic carbocycles. The first-order chi connectivity index (χ1) is 8.65. The van der Waals surface area contributed by atoms with E-state index in [1.807, 2.05) is 29.2 Å². The molecule has 0 atom stereocenters. The molecule has 3 nitrogen and oxygen atoms in total. The third-order valence-corrected chi connectivity index (χ3v) is 4.47. The summed E-state index contributed by atoms with van der Waals surface area (Å²) in [6.45, 7) is 3.26. The fourth-order valence-corrected chi connectivity index (χ4v) is 3.44. The summed E-state index contributed by atoms with van der Waals surface area (Å²) in [5.41, 5.74) is 1.13. The zero-order valence-electron chi connectivity index (χ0n) is 9.89. The van der Waals surface area contributed by atoms with Gasteiger partial charge in [-0.1, -0.05) is 23.7 Å². The molecule has 1 amide bonds. The Morgan fingerprint density at radius 1 is 1.39 bits per heavy atom. The maximum Gasteiger partial charge on any atom is 0.344 e. The summed E-state index contributed by atoms with van der Waals surface area (Å²) in [6.07, 6.45) is 2.10. The zero-order chi connectivity index (χ0) is 12.7. The minimum Gasteiger partial charge on any atom is -0.247 e. The van der Waals surface area contributed by atoms with Gasteiger partial charge in [0.25, 0.3) is 0 Å². The van der Waals surface area contributed by atoms with E-state index in [2.05, 4.69) is 10.8 Å². The monoisotopic (exact) mass is 279 g/mol. The Morgan fingerprint density at radius 2 is 2.11 bits per heavy atom. The first-order valence-corrected chi connectivity index (χ1v) is 6.92. The van der Waals surface area contributed by atoms with E-state index in [9.17, 15) is 4.79 Å². The van der Waals surface area contributed by atoms with Crippen LogP contribution in [0.25, 0.3) is 10.4 Å². The van der Waals surface area contributed by atoms with Crippen molar-refractivity contribution in [1.29, 1.82) is 0 Å². The molecular weight excluding hydrogens is 268 g/mol. The van der Waals surface area contributed by atoms with Crippen molar-refractivity contribution in [2.24, 2.45) is 0 Å². The summed E-state index contributed by atoms with van der Waals surface area (Å²) >= 11 is 7.53. The summed E-state index contributed by atoms with van der Waals surface area (Å²) in [5.74, 6) is 0.103. The molecule has 1 aromatic heterocycles. The predicted octanol–water partition coefficient (Wildman–Crippen LogP) is 2.72. The average molecular weight is 280 g/mol. The van der Waals surface area contributed by atoms with Crippen LogP contribution < -0.4 is 9.47 Å². The fraction of sp³-hybridized carbons (Fsp3) is 0.231. The molecule has 1 aliphatic rings. The van der Waals surface area contributed by atoms with Crippen LogP contribution in [0.2, 0.25) is 5.02 Å². The first kappa shape index (κ1) is 11.7. The van der Waals surface area contributed by atoms with Crippen molar-refractivity contribution in [1.82, 2.24) is 0 Å². The Hall–Kier alpha value is -1.39. The lowest BCUT2D eigenvalue weighted by Crippen LogP contribution is -2.28. The van der Waals surface area contributed by atoms with Crippen LogP contribution in [-0.4, -0.2) is 12.5 Å². The smallest absolute Gasteiger partial charge is 0.247 e. The van der Waals surface area contributed by atoms with Crippen LogP contribution in [0.5, 0.6) is 0 Å². The van der Waals surface area contributed by atoms with Gasteiger partial charge in [0.15, 0.2) is 0 Å². The van der Waals surface area contributed by atoms with Gasteiger partial charge in [-0.25, -0.2) is 9.36 Å². The predicted molar refractivity (Wildman–Crippen MR) is 73.0 cm³/mol. The van der Waals surface area contributed by atoms with Crippen molar-refractivity contribution in [3.8, 4) is 10.4 Å². The molecular formula is C13H12ClN2OS+. The average Bonchev–Trinajstić information content (AvgIpc) is 2.88. The molecule has 0 saturated carbocycles. The molecule has 0 N–H and O–H groups in total. The number of benzene rings is 1. The summed E-state index contributed by atoms with van der Waals surface area (Å²) in [5, 5.41) is 1.76. The Morgan fingerprint density at radius 3 is 2.78 bits per heavy atom. The van der Waals surface area contributed by atoms with Gasteiger partial charge in [0.2, 0.25) is 0 Å². The Bertz CT molecular complexity index is 606. The Kier molecular flexibility index (Phi) is 2.84. The van der Waals surface area contributed by atoms with Crippen LogP contribution >= 0.6 is 22.9 Å². The summed E-state index contributed by atoms with van der Waals surface area (Å²) < 4.78 is 2.13. The topological polar surface area (TPSA) is 24.2 Å². The first-order valence-electron chi connectivity index (χ1n) is 5.72. The van der Waals surface area contributed by atoms with E-state index in [1.54, 1.807) is 18.3 Å². The van der Waals surface area contributed by atoms with Crippen molar-refractivity contribution in [3.63, 3.8) is 0 Å². The van der Waals surface area contributed by atoms with Gasteiger partial charge in [-0.3, -0.25) is 0 Å². The molecule has 0 radical (unpaired) electrons. The zero-order valence-corrected chi connectivity index (χ0v) is 11.5. The molecule has 0 fully saturated rings. The molecule has 0 unspecified atom stereocenters. The number of carbonyl (C=O) groups is 1. The molecule has 0 spiro atoms. The molecule has 0 saturated heterocycles. The molecule has 1 aromatic carbocycles. The third kappa shape index (κ3) is 1.91. The van der Waals surface area contributed by atoms with Crippen LogP contribution in [0.4, 0.5) is 5.13 Å². The van der Waals surface area contributed by atoms with Crippen LogP contribution in [0.15, 0.2) is 30.5 Å². The van der Waals surface area contributed by atoms with Crippen molar-refractivity contribution >= 4 is 34.0 Å². The van der Waals surface area contributed by atoms with E-state index in [0.29, 0.717) is 0 Å². The quantitative estimate of drug-likeness (QED) is 0.737. The minimum absolute atomic E-state index is 0.103. The molecule has 18 heavy (non-hydrogen) atoms. The van der Waals surface area contributed by atoms with Gasteiger partial charge in [-0.15, -0.1) is 0 Å². The number of halogens is 1. The number of carbonyl (C=O) groups excluding carboxylic acids is 1. The van der Waals surface area contributed by atoms with E-state index in [4.69, 9.17) is 11.6 Å². The molecule has 3 rings (SSSR count). The highest BCUT2D eigenvalue weighted by atomic mass is 35.5. The fourth-order valence-electron chi connectivity index (χ4n) is 2.09. The van der Waals surface area contributed by atoms with Gasteiger partial charge in [-0.05, 0) is 29.0 Å².